The van der Waals surface area contributed by atoms with Gasteiger partial charge in [-0.2, -0.15) is 5.48 Å². The van der Waals surface area contributed by atoms with Gasteiger partial charge in [-0.15, -0.1) is 16.4 Å². The summed E-state index contributed by atoms with van der Waals surface area (Å²) >= 11 is 1.13. The zero-order chi connectivity index (χ0) is 24.8. The molecule has 182 valence electrons. The monoisotopic (exact) mass is 516 g/mol. The van der Waals surface area contributed by atoms with Gasteiger partial charge >= 0.3 is 0 Å². The molecule has 0 saturated carbocycles. The van der Waals surface area contributed by atoms with Crippen LogP contribution in [-0.2, 0) is 27.8 Å². The van der Waals surface area contributed by atoms with E-state index in [0.29, 0.717) is 29.8 Å². The van der Waals surface area contributed by atoms with E-state index in [1.165, 1.54) is 12.1 Å². The molecule has 4 aromatic rings. The Labute approximate surface area is 204 Å². The first-order valence-corrected chi connectivity index (χ1v) is 12.7. The molecule has 10 nitrogen and oxygen atoms in total. The third-order valence-corrected chi connectivity index (χ3v) is 7.96. The van der Waals surface area contributed by atoms with Crippen molar-refractivity contribution in [2.45, 2.75) is 30.1 Å². The first kappa shape index (κ1) is 24.4. The Bertz CT molecular complexity index is 1410. The first-order chi connectivity index (χ1) is 16.9. The Morgan fingerprint density at radius 2 is 2.09 bits per heavy atom. The summed E-state index contributed by atoms with van der Waals surface area (Å²) in [6.07, 6.45) is 4.04. The average molecular weight is 517 g/mol. The molecule has 0 bridgehead atoms. The summed E-state index contributed by atoms with van der Waals surface area (Å²) in [7, 11) is -3.74. The van der Waals surface area contributed by atoms with Crippen LogP contribution in [0.1, 0.15) is 24.2 Å². The maximum Gasteiger partial charge on any atom is 0.250 e. The number of nitrogens with zero attached hydrogens (tertiary/aromatic N) is 4. The van der Waals surface area contributed by atoms with Crippen LogP contribution in [0.4, 0.5) is 4.39 Å². The number of pyridine rings is 1. The molecule has 13 heteroatoms. The van der Waals surface area contributed by atoms with E-state index in [0.717, 1.165) is 16.2 Å². The van der Waals surface area contributed by atoms with E-state index >= 15 is 0 Å². The van der Waals surface area contributed by atoms with E-state index < -0.39 is 15.8 Å². The minimum atomic E-state index is -3.74. The standard InChI is InChI=1S/C22H21FN6O4S2/c1-15(10-16-5-6-20(18(23)11-16)33-25-14-30)29-13-17(27-28-29)12-26-35(31,32)22-8-7-21(34-22)19-4-2-3-9-24-19/h2-9,11,13-15,26H,10,12H2,1H3,(H,25,30)/t15-/m0/s1. The molecule has 2 N–H and O–H groups in total. The number of carbonyl (C=O) groups is 1. The minimum Gasteiger partial charge on any atom is -0.377 e. The number of sulfonamides is 1. The van der Waals surface area contributed by atoms with Crippen LogP contribution in [0.2, 0.25) is 0 Å². The Morgan fingerprint density at radius 3 is 2.83 bits per heavy atom. The van der Waals surface area contributed by atoms with Gasteiger partial charge < -0.3 is 4.84 Å². The lowest BCUT2D eigenvalue weighted by Gasteiger charge is -2.12. The highest BCUT2D eigenvalue weighted by atomic mass is 32.2. The molecule has 0 aliphatic rings. The fraction of sp³-hybridized carbons (Fsp3) is 0.182. The lowest BCUT2D eigenvalue weighted by atomic mass is 10.1. The van der Waals surface area contributed by atoms with Gasteiger partial charge in [0.25, 0.3) is 0 Å². The van der Waals surface area contributed by atoms with Crippen LogP contribution in [0.25, 0.3) is 10.6 Å². The number of amides is 1. The summed E-state index contributed by atoms with van der Waals surface area (Å²) in [5.74, 6) is -0.709. The molecule has 4 rings (SSSR count). The third kappa shape index (κ3) is 6.07. The number of aromatic nitrogens is 4. The van der Waals surface area contributed by atoms with Gasteiger partial charge in [0, 0.05) is 6.20 Å². The van der Waals surface area contributed by atoms with E-state index in [2.05, 4.69) is 20.0 Å². The SMILES string of the molecule is C[C@@H](Cc1ccc(ONC=O)c(F)c1)n1cc(CNS(=O)(=O)c2ccc(-c3ccccn3)s2)nn1. The number of hydrogen-bond acceptors (Lipinski definition) is 8. The largest absolute Gasteiger partial charge is 0.377 e. The van der Waals surface area contributed by atoms with Crippen molar-refractivity contribution in [3.63, 3.8) is 0 Å². The molecular formula is C22H21FN6O4S2. The molecule has 1 amide bonds. The van der Waals surface area contributed by atoms with Gasteiger partial charge in [0.1, 0.15) is 4.21 Å². The molecule has 3 aromatic heterocycles. The molecule has 0 aliphatic heterocycles. The normalized spacial score (nSPS) is 12.3. The highest BCUT2D eigenvalue weighted by molar-refractivity contribution is 7.91. The van der Waals surface area contributed by atoms with Gasteiger partial charge in [0.05, 0.1) is 35.0 Å². The number of thiophene rings is 1. The second-order valence-corrected chi connectivity index (χ2v) is 10.6. The highest BCUT2D eigenvalue weighted by Crippen LogP contribution is 2.29. The molecule has 0 fully saturated rings. The number of halogens is 1. The topological polar surface area (TPSA) is 128 Å². The third-order valence-electron chi connectivity index (χ3n) is 4.96. The smallest absolute Gasteiger partial charge is 0.250 e. The quantitative estimate of drug-likeness (QED) is 0.232. The highest BCUT2D eigenvalue weighted by Gasteiger charge is 2.19. The van der Waals surface area contributed by atoms with Gasteiger partial charge in [-0.3, -0.25) is 9.78 Å². The lowest BCUT2D eigenvalue weighted by molar-refractivity contribution is -0.115. The van der Waals surface area contributed by atoms with Crippen LogP contribution in [0.15, 0.2) is 65.1 Å². The fourth-order valence-electron chi connectivity index (χ4n) is 3.24. The number of carbonyl (C=O) groups excluding carboxylic acids is 1. The maximum absolute atomic E-state index is 14.1. The minimum absolute atomic E-state index is 0.0315. The van der Waals surface area contributed by atoms with E-state index in [-0.39, 0.29) is 22.5 Å². The van der Waals surface area contributed by atoms with Crippen LogP contribution in [-0.4, -0.2) is 34.8 Å². The van der Waals surface area contributed by atoms with Crippen molar-refractivity contribution in [3.05, 3.63) is 78.0 Å². The predicted molar refractivity (Wildman–Crippen MR) is 126 cm³/mol. The molecule has 35 heavy (non-hydrogen) atoms. The van der Waals surface area contributed by atoms with E-state index in [1.54, 1.807) is 41.3 Å². The molecule has 0 unspecified atom stereocenters. The summed E-state index contributed by atoms with van der Waals surface area (Å²) in [6, 6.07) is 12.9. The molecule has 1 aromatic carbocycles. The van der Waals surface area contributed by atoms with Gasteiger partial charge in [0.15, 0.2) is 11.6 Å². The van der Waals surface area contributed by atoms with Crippen molar-refractivity contribution in [1.82, 2.24) is 30.2 Å². The van der Waals surface area contributed by atoms with Crippen molar-refractivity contribution in [1.29, 1.82) is 0 Å². The summed E-state index contributed by atoms with van der Waals surface area (Å²) in [4.78, 5) is 20.0. The van der Waals surface area contributed by atoms with Crippen molar-refractivity contribution in [2.24, 2.45) is 0 Å². The molecule has 3 heterocycles. The van der Waals surface area contributed by atoms with E-state index in [4.69, 9.17) is 4.84 Å². The molecule has 0 radical (unpaired) electrons. The second kappa shape index (κ2) is 10.7. The van der Waals surface area contributed by atoms with Gasteiger partial charge in [-0.1, -0.05) is 17.3 Å². The summed E-state index contributed by atoms with van der Waals surface area (Å²) < 4.78 is 43.8. The van der Waals surface area contributed by atoms with Crippen LogP contribution in [0.3, 0.4) is 0 Å². The lowest BCUT2D eigenvalue weighted by Crippen LogP contribution is -2.22. The first-order valence-electron chi connectivity index (χ1n) is 10.4. The summed E-state index contributed by atoms with van der Waals surface area (Å²) in [5, 5.41) is 8.11. The Hall–Kier alpha value is -3.68. The predicted octanol–water partition coefficient (Wildman–Crippen LogP) is 2.86. The number of benzene rings is 1. The van der Waals surface area contributed by atoms with Gasteiger partial charge in [0.2, 0.25) is 16.4 Å². The maximum atomic E-state index is 14.1. The Kier molecular flexibility index (Phi) is 7.48. The van der Waals surface area contributed by atoms with Crippen molar-refractivity contribution >= 4 is 27.8 Å². The van der Waals surface area contributed by atoms with Crippen molar-refractivity contribution in [3.8, 4) is 16.3 Å². The second-order valence-electron chi connectivity index (χ2n) is 7.50. The van der Waals surface area contributed by atoms with Crippen molar-refractivity contribution < 1.29 is 22.4 Å². The summed E-state index contributed by atoms with van der Waals surface area (Å²) in [5.41, 5.74) is 3.78. The molecule has 1 atom stereocenters. The molecular weight excluding hydrogens is 495 g/mol. The van der Waals surface area contributed by atoms with Crippen LogP contribution in [0.5, 0.6) is 5.75 Å². The molecule has 0 spiro atoms. The van der Waals surface area contributed by atoms with Crippen molar-refractivity contribution in [2.75, 3.05) is 0 Å². The number of hydroxylamine groups is 1. The number of nitrogens with one attached hydrogen (secondary N) is 2. The average Bonchev–Trinajstić information content (AvgIpc) is 3.54. The number of hydrogen-bond donors (Lipinski definition) is 2. The zero-order valence-electron chi connectivity index (χ0n) is 18.5. The molecule has 0 aliphatic carbocycles. The van der Waals surface area contributed by atoms with Crippen LogP contribution >= 0.6 is 11.3 Å². The van der Waals surface area contributed by atoms with E-state index in [1.807, 2.05) is 24.5 Å². The fourth-order valence-corrected chi connectivity index (χ4v) is 5.56. The Morgan fingerprint density at radius 1 is 1.23 bits per heavy atom. The Balaban J connectivity index is 1.36. The van der Waals surface area contributed by atoms with Crippen LogP contribution < -0.4 is 15.0 Å². The van der Waals surface area contributed by atoms with Gasteiger partial charge in [-0.25, -0.2) is 22.2 Å². The molecule has 0 saturated heterocycles. The summed E-state index contributed by atoms with van der Waals surface area (Å²) in [6.45, 7) is 1.85. The van der Waals surface area contributed by atoms with E-state index in [9.17, 15) is 17.6 Å². The zero-order valence-corrected chi connectivity index (χ0v) is 20.1. The van der Waals surface area contributed by atoms with Crippen LogP contribution in [0, 0.1) is 5.82 Å². The number of rotatable bonds is 11. The van der Waals surface area contributed by atoms with Gasteiger partial charge in [-0.05, 0) is 55.3 Å².